The van der Waals surface area contributed by atoms with Crippen LogP contribution in [-0.4, -0.2) is 47.0 Å². The smallest absolute Gasteiger partial charge is 0.255 e. The zero-order chi connectivity index (χ0) is 16.8. The Bertz CT molecular complexity index is 674. The van der Waals surface area contributed by atoms with Crippen molar-refractivity contribution in [2.75, 3.05) is 20.4 Å². The maximum absolute atomic E-state index is 12.4. The van der Waals surface area contributed by atoms with E-state index in [9.17, 15) is 9.59 Å². The summed E-state index contributed by atoms with van der Waals surface area (Å²) < 4.78 is 0. The Morgan fingerprint density at radius 1 is 1.13 bits per heavy atom. The van der Waals surface area contributed by atoms with Gasteiger partial charge in [0.1, 0.15) is 6.04 Å². The highest BCUT2D eigenvalue weighted by molar-refractivity contribution is 7.98. The second kappa shape index (κ2) is 7.73. The van der Waals surface area contributed by atoms with Gasteiger partial charge in [-0.2, -0.15) is 0 Å². The number of nitrogens with one attached hydrogen (secondary N) is 1. The molecule has 0 spiro atoms. The Kier molecular flexibility index (Phi) is 5.70. The number of benzene rings is 1. The first kappa shape index (κ1) is 17.0. The Morgan fingerprint density at radius 3 is 2.26 bits per heavy atom. The molecule has 0 aliphatic carbocycles. The summed E-state index contributed by atoms with van der Waals surface area (Å²) in [6.45, 7) is 0. The van der Waals surface area contributed by atoms with Crippen LogP contribution in [0.2, 0.25) is 0 Å². The molecule has 1 aromatic heterocycles. The van der Waals surface area contributed by atoms with Gasteiger partial charge in [-0.15, -0.1) is 0 Å². The highest BCUT2D eigenvalue weighted by atomic mass is 32.2. The van der Waals surface area contributed by atoms with Gasteiger partial charge in [0.2, 0.25) is 5.91 Å². The van der Waals surface area contributed by atoms with Gasteiger partial charge in [0.05, 0.1) is 5.56 Å². The lowest BCUT2D eigenvalue weighted by Crippen LogP contribution is -2.39. The summed E-state index contributed by atoms with van der Waals surface area (Å²) in [5.41, 5.74) is 1.04. The first-order valence-electron chi connectivity index (χ1n) is 6.96. The molecule has 0 fully saturated rings. The lowest BCUT2D eigenvalue weighted by Gasteiger charge is -2.22. The van der Waals surface area contributed by atoms with E-state index >= 15 is 0 Å². The fourth-order valence-corrected chi connectivity index (χ4v) is 2.26. The standard InChI is InChI=1S/C16H18N4O2S/c1-20(2)15(22)13(11-7-5-4-6-8-11)19-14(21)12-9-17-16(23-3)18-10-12/h4-10,13H,1-3H3,(H,19,21)/t13-/m0/s1. The molecule has 2 rings (SSSR count). The van der Waals surface area contributed by atoms with E-state index in [2.05, 4.69) is 15.3 Å². The van der Waals surface area contributed by atoms with E-state index in [1.165, 1.54) is 29.1 Å². The number of thioether (sulfide) groups is 1. The Balaban J connectivity index is 2.23. The number of hydrogen-bond acceptors (Lipinski definition) is 5. The third-order valence-electron chi connectivity index (χ3n) is 3.17. The summed E-state index contributed by atoms with van der Waals surface area (Å²) in [5.74, 6) is -0.590. The highest BCUT2D eigenvalue weighted by Crippen LogP contribution is 2.16. The number of nitrogens with zero attached hydrogens (tertiary/aromatic N) is 3. The van der Waals surface area contributed by atoms with E-state index in [1.807, 2.05) is 24.5 Å². The minimum atomic E-state index is -0.751. The van der Waals surface area contributed by atoms with Crippen LogP contribution < -0.4 is 5.32 Å². The van der Waals surface area contributed by atoms with Gasteiger partial charge in [0.25, 0.3) is 5.91 Å². The second-order valence-electron chi connectivity index (χ2n) is 5.01. The molecule has 2 amide bonds. The monoisotopic (exact) mass is 330 g/mol. The van der Waals surface area contributed by atoms with Crippen LogP contribution in [0.4, 0.5) is 0 Å². The zero-order valence-corrected chi connectivity index (χ0v) is 14.0. The molecule has 120 valence electrons. The number of rotatable bonds is 5. The van der Waals surface area contributed by atoms with E-state index in [1.54, 1.807) is 26.2 Å². The van der Waals surface area contributed by atoms with Crippen molar-refractivity contribution in [3.63, 3.8) is 0 Å². The lowest BCUT2D eigenvalue weighted by atomic mass is 10.1. The molecule has 1 aromatic carbocycles. The molecule has 23 heavy (non-hydrogen) atoms. The molecule has 1 heterocycles. The van der Waals surface area contributed by atoms with Crippen LogP contribution in [0.25, 0.3) is 0 Å². The maximum atomic E-state index is 12.4. The fraction of sp³-hybridized carbons (Fsp3) is 0.250. The average molecular weight is 330 g/mol. The summed E-state index contributed by atoms with van der Waals surface area (Å²) in [7, 11) is 3.31. The minimum absolute atomic E-state index is 0.203. The fourth-order valence-electron chi connectivity index (χ4n) is 1.94. The molecule has 0 radical (unpaired) electrons. The number of likely N-dealkylation sites (N-methyl/N-ethyl adjacent to an activating group) is 1. The first-order valence-corrected chi connectivity index (χ1v) is 8.18. The van der Waals surface area contributed by atoms with Crippen LogP contribution in [0.3, 0.4) is 0 Å². The molecule has 0 aliphatic heterocycles. The van der Waals surface area contributed by atoms with Gasteiger partial charge in [0.15, 0.2) is 5.16 Å². The number of aromatic nitrogens is 2. The minimum Gasteiger partial charge on any atom is -0.347 e. The quantitative estimate of drug-likeness (QED) is 0.668. The van der Waals surface area contributed by atoms with Crippen LogP contribution >= 0.6 is 11.8 Å². The van der Waals surface area contributed by atoms with Crippen LogP contribution in [0, 0.1) is 0 Å². The molecule has 0 bridgehead atoms. The van der Waals surface area contributed by atoms with E-state index < -0.39 is 6.04 Å². The predicted octanol–water partition coefficient (Wildman–Crippen LogP) is 1.76. The average Bonchev–Trinajstić information content (AvgIpc) is 2.59. The largest absolute Gasteiger partial charge is 0.347 e. The van der Waals surface area contributed by atoms with Crippen molar-refractivity contribution >= 4 is 23.6 Å². The van der Waals surface area contributed by atoms with Crippen LogP contribution in [-0.2, 0) is 4.79 Å². The summed E-state index contributed by atoms with van der Waals surface area (Å²) in [6, 6.07) is 8.37. The molecule has 0 saturated carbocycles. The summed E-state index contributed by atoms with van der Waals surface area (Å²) in [4.78, 5) is 34.4. The number of amides is 2. The normalized spacial score (nSPS) is 11.6. The van der Waals surface area contributed by atoms with Gasteiger partial charge >= 0.3 is 0 Å². The highest BCUT2D eigenvalue weighted by Gasteiger charge is 2.24. The first-order chi connectivity index (χ1) is 11.0. The molecule has 2 aromatic rings. The van der Waals surface area contributed by atoms with Gasteiger partial charge < -0.3 is 10.2 Å². The van der Waals surface area contributed by atoms with Crippen LogP contribution in [0.15, 0.2) is 47.9 Å². The maximum Gasteiger partial charge on any atom is 0.255 e. The number of hydrogen-bond donors (Lipinski definition) is 1. The van der Waals surface area contributed by atoms with Crippen molar-refractivity contribution in [2.24, 2.45) is 0 Å². The predicted molar refractivity (Wildman–Crippen MR) is 89.2 cm³/mol. The Hall–Kier alpha value is -2.41. The zero-order valence-electron chi connectivity index (χ0n) is 13.2. The molecule has 0 saturated heterocycles. The molecule has 0 aliphatic rings. The number of carbonyl (C=O) groups is 2. The van der Waals surface area contributed by atoms with E-state index in [4.69, 9.17) is 0 Å². The molecule has 0 unspecified atom stereocenters. The van der Waals surface area contributed by atoms with E-state index in [-0.39, 0.29) is 11.8 Å². The van der Waals surface area contributed by atoms with Gasteiger partial charge in [-0.05, 0) is 11.8 Å². The Morgan fingerprint density at radius 2 is 1.74 bits per heavy atom. The van der Waals surface area contributed by atoms with Crippen molar-refractivity contribution in [3.05, 3.63) is 53.9 Å². The molecule has 1 atom stereocenters. The lowest BCUT2D eigenvalue weighted by molar-refractivity contribution is -0.130. The van der Waals surface area contributed by atoms with Crippen LogP contribution in [0.1, 0.15) is 22.0 Å². The summed E-state index contributed by atoms with van der Waals surface area (Å²) in [6.07, 6.45) is 4.77. The summed E-state index contributed by atoms with van der Waals surface area (Å²) >= 11 is 1.39. The second-order valence-corrected chi connectivity index (χ2v) is 5.78. The molecular formula is C16H18N4O2S. The van der Waals surface area contributed by atoms with Crippen molar-refractivity contribution in [1.82, 2.24) is 20.2 Å². The SMILES string of the molecule is CSc1ncc(C(=O)N[C@H](C(=O)N(C)C)c2ccccc2)cn1. The van der Waals surface area contributed by atoms with Crippen molar-refractivity contribution in [3.8, 4) is 0 Å². The van der Waals surface area contributed by atoms with Crippen molar-refractivity contribution in [2.45, 2.75) is 11.2 Å². The van der Waals surface area contributed by atoms with Gasteiger partial charge in [-0.25, -0.2) is 9.97 Å². The van der Waals surface area contributed by atoms with Gasteiger partial charge in [-0.3, -0.25) is 9.59 Å². The van der Waals surface area contributed by atoms with Gasteiger partial charge in [-0.1, -0.05) is 42.1 Å². The van der Waals surface area contributed by atoms with E-state index in [0.29, 0.717) is 10.7 Å². The van der Waals surface area contributed by atoms with Crippen molar-refractivity contribution in [1.29, 1.82) is 0 Å². The molecule has 7 heteroatoms. The number of carbonyl (C=O) groups excluding carboxylic acids is 2. The third kappa shape index (κ3) is 4.29. The molecule has 6 nitrogen and oxygen atoms in total. The topological polar surface area (TPSA) is 75.2 Å². The summed E-state index contributed by atoms with van der Waals surface area (Å²) in [5, 5.41) is 3.34. The molecule has 1 N–H and O–H groups in total. The van der Waals surface area contributed by atoms with Gasteiger partial charge in [0, 0.05) is 26.5 Å². The Labute approximate surface area is 139 Å². The van der Waals surface area contributed by atoms with E-state index in [0.717, 1.165) is 5.56 Å². The van der Waals surface area contributed by atoms with Crippen molar-refractivity contribution < 1.29 is 9.59 Å². The van der Waals surface area contributed by atoms with Crippen LogP contribution in [0.5, 0.6) is 0 Å². The third-order valence-corrected chi connectivity index (χ3v) is 3.74. The molecular weight excluding hydrogens is 312 g/mol.